The van der Waals surface area contributed by atoms with E-state index in [0.717, 1.165) is 19.4 Å². The zero-order valence-electron chi connectivity index (χ0n) is 13.6. The second kappa shape index (κ2) is 8.26. The third-order valence-corrected chi connectivity index (χ3v) is 3.70. The molecule has 1 fully saturated rings. The van der Waals surface area contributed by atoms with Crippen LogP contribution in [0.15, 0.2) is 18.2 Å². The van der Waals surface area contributed by atoms with E-state index in [2.05, 4.69) is 10.6 Å². The molecule has 23 heavy (non-hydrogen) atoms. The Bertz CT molecular complexity index is 562. The van der Waals surface area contributed by atoms with Crippen LogP contribution in [0.1, 0.15) is 19.3 Å². The highest BCUT2D eigenvalue weighted by molar-refractivity contribution is 5.89. The van der Waals surface area contributed by atoms with Crippen LogP contribution in [0.3, 0.4) is 0 Å². The van der Waals surface area contributed by atoms with E-state index in [1.165, 1.54) is 0 Å². The van der Waals surface area contributed by atoms with Gasteiger partial charge in [0.2, 0.25) is 5.91 Å². The fourth-order valence-electron chi connectivity index (χ4n) is 2.50. The Kier molecular flexibility index (Phi) is 6.08. The quantitative estimate of drug-likeness (QED) is 0.751. The third-order valence-electron chi connectivity index (χ3n) is 3.70. The van der Waals surface area contributed by atoms with Gasteiger partial charge in [-0.15, -0.1) is 0 Å². The van der Waals surface area contributed by atoms with Crippen LogP contribution >= 0.6 is 0 Å². The van der Waals surface area contributed by atoms with E-state index in [4.69, 9.17) is 9.47 Å². The van der Waals surface area contributed by atoms with Gasteiger partial charge in [-0.3, -0.25) is 4.79 Å². The van der Waals surface area contributed by atoms with Gasteiger partial charge in [-0.05, 0) is 25.0 Å². The molecular formula is C16H23N3O4. The molecule has 2 rings (SSSR count). The predicted molar refractivity (Wildman–Crippen MR) is 87.0 cm³/mol. The minimum absolute atomic E-state index is 0.208. The minimum Gasteiger partial charge on any atom is -0.493 e. The normalized spacial score (nSPS) is 13.8. The SMILES string of the molecule is COc1ccc(NC(=O)NCCCN2CCCC2=O)cc1OC. The van der Waals surface area contributed by atoms with Crippen LogP contribution in [0.25, 0.3) is 0 Å². The van der Waals surface area contributed by atoms with Crippen molar-refractivity contribution in [2.45, 2.75) is 19.3 Å². The summed E-state index contributed by atoms with van der Waals surface area (Å²) in [5.74, 6) is 1.37. The number of urea groups is 1. The Hall–Kier alpha value is -2.44. The van der Waals surface area contributed by atoms with Crippen molar-refractivity contribution in [2.75, 3.05) is 39.2 Å². The van der Waals surface area contributed by atoms with Crippen LogP contribution in [-0.2, 0) is 4.79 Å². The van der Waals surface area contributed by atoms with Gasteiger partial charge in [0.15, 0.2) is 11.5 Å². The first-order valence-corrected chi connectivity index (χ1v) is 7.68. The summed E-state index contributed by atoms with van der Waals surface area (Å²) in [6.07, 6.45) is 2.32. The van der Waals surface area contributed by atoms with Gasteiger partial charge in [-0.2, -0.15) is 0 Å². The topological polar surface area (TPSA) is 79.9 Å². The molecule has 126 valence electrons. The first-order chi connectivity index (χ1) is 11.1. The second-order valence-corrected chi connectivity index (χ2v) is 5.29. The van der Waals surface area contributed by atoms with E-state index in [1.54, 1.807) is 32.4 Å². The zero-order chi connectivity index (χ0) is 16.7. The number of carbonyl (C=O) groups is 2. The fourth-order valence-corrected chi connectivity index (χ4v) is 2.50. The number of amides is 3. The number of rotatable bonds is 7. The lowest BCUT2D eigenvalue weighted by molar-refractivity contribution is -0.127. The molecule has 7 nitrogen and oxygen atoms in total. The van der Waals surface area contributed by atoms with Crippen LogP contribution in [-0.4, -0.2) is 50.7 Å². The van der Waals surface area contributed by atoms with Gasteiger partial charge in [-0.25, -0.2) is 4.79 Å². The molecule has 0 atom stereocenters. The predicted octanol–water partition coefficient (Wildman–Crippen LogP) is 1.84. The summed E-state index contributed by atoms with van der Waals surface area (Å²) in [5, 5.41) is 5.51. The average molecular weight is 321 g/mol. The number of hydrogen-bond acceptors (Lipinski definition) is 4. The van der Waals surface area contributed by atoms with E-state index in [1.807, 2.05) is 4.90 Å². The summed E-state index contributed by atoms with van der Waals surface area (Å²) >= 11 is 0. The van der Waals surface area contributed by atoms with Crippen LogP contribution in [0.2, 0.25) is 0 Å². The number of nitrogens with one attached hydrogen (secondary N) is 2. The van der Waals surface area contributed by atoms with Crippen molar-refractivity contribution >= 4 is 17.6 Å². The maximum Gasteiger partial charge on any atom is 0.319 e. The van der Waals surface area contributed by atoms with Gasteiger partial charge >= 0.3 is 6.03 Å². The molecule has 0 aromatic heterocycles. The van der Waals surface area contributed by atoms with E-state index in [9.17, 15) is 9.59 Å². The zero-order valence-corrected chi connectivity index (χ0v) is 13.6. The van der Waals surface area contributed by atoms with Crippen molar-refractivity contribution in [3.8, 4) is 11.5 Å². The molecule has 0 radical (unpaired) electrons. The van der Waals surface area contributed by atoms with Crippen molar-refractivity contribution in [1.29, 1.82) is 0 Å². The molecule has 1 aliphatic rings. The summed E-state index contributed by atoms with van der Waals surface area (Å²) in [6, 6.07) is 4.88. The Labute approximate surface area is 135 Å². The average Bonchev–Trinajstić information content (AvgIpc) is 2.96. The minimum atomic E-state index is -0.287. The number of benzene rings is 1. The van der Waals surface area contributed by atoms with E-state index < -0.39 is 0 Å². The molecule has 2 N–H and O–H groups in total. The van der Waals surface area contributed by atoms with Crippen LogP contribution in [0, 0.1) is 0 Å². The first kappa shape index (κ1) is 16.9. The van der Waals surface area contributed by atoms with Gasteiger partial charge in [0, 0.05) is 37.8 Å². The summed E-state index contributed by atoms with van der Waals surface area (Å²) in [7, 11) is 3.10. The molecule has 1 aromatic rings. The Morgan fingerprint density at radius 2 is 2.04 bits per heavy atom. The molecule has 7 heteroatoms. The summed E-state index contributed by atoms with van der Waals surface area (Å²) < 4.78 is 10.3. The van der Waals surface area contributed by atoms with Crippen molar-refractivity contribution in [3.63, 3.8) is 0 Å². The molecule has 1 aromatic carbocycles. The number of ether oxygens (including phenoxy) is 2. The second-order valence-electron chi connectivity index (χ2n) is 5.29. The molecule has 1 saturated heterocycles. The molecule has 0 bridgehead atoms. The van der Waals surface area contributed by atoms with Gasteiger partial charge in [0.05, 0.1) is 14.2 Å². The van der Waals surface area contributed by atoms with Crippen LogP contribution in [0.4, 0.5) is 10.5 Å². The van der Waals surface area contributed by atoms with E-state index in [-0.39, 0.29) is 11.9 Å². The van der Waals surface area contributed by atoms with E-state index in [0.29, 0.717) is 36.7 Å². The lowest BCUT2D eigenvalue weighted by atomic mass is 10.3. The molecule has 3 amide bonds. The summed E-state index contributed by atoms with van der Waals surface area (Å²) in [5.41, 5.74) is 0.620. The molecule has 1 aliphatic heterocycles. The highest BCUT2D eigenvalue weighted by Crippen LogP contribution is 2.29. The first-order valence-electron chi connectivity index (χ1n) is 7.68. The third kappa shape index (κ3) is 4.77. The van der Waals surface area contributed by atoms with Gasteiger partial charge < -0.3 is 25.0 Å². The van der Waals surface area contributed by atoms with Gasteiger partial charge in [-0.1, -0.05) is 0 Å². The number of nitrogens with zero attached hydrogens (tertiary/aromatic N) is 1. The lowest BCUT2D eigenvalue weighted by Gasteiger charge is -2.15. The van der Waals surface area contributed by atoms with E-state index >= 15 is 0 Å². The van der Waals surface area contributed by atoms with Crippen LogP contribution in [0.5, 0.6) is 11.5 Å². The van der Waals surface area contributed by atoms with Gasteiger partial charge in [0.25, 0.3) is 0 Å². The number of anilines is 1. The molecule has 0 unspecified atom stereocenters. The number of methoxy groups -OCH3 is 2. The lowest BCUT2D eigenvalue weighted by Crippen LogP contribution is -2.33. The largest absolute Gasteiger partial charge is 0.493 e. The Balaban J connectivity index is 1.73. The Morgan fingerprint density at radius 3 is 2.70 bits per heavy atom. The van der Waals surface area contributed by atoms with Crippen molar-refractivity contribution in [1.82, 2.24) is 10.2 Å². The monoisotopic (exact) mass is 321 g/mol. The fraction of sp³-hybridized carbons (Fsp3) is 0.500. The smallest absolute Gasteiger partial charge is 0.319 e. The van der Waals surface area contributed by atoms with Gasteiger partial charge in [0.1, 0.15) is 0 Å². The molecule has 0 aliphatic carbocycles. The Morgan fingerprint density at radius 1 is 1.26 bits per heavy atom. The van der Waals surface area contributed by atoms with Crippen molar-refractivity contribution < 1.29 is 19.1 Å². The number of likely N-dealkylation sites (tertiary alicyclic amines) is 1. The molecule has 0 spiro atoms. The molecule has 0 saturated carbocycles. The van der Waals surface area contributed by atoms with Crippen LogP contribution < -0.4 is 20.1 Å². The standard InChI is InChI=1S/C16H23N3O4/c1-22-13-7-6-12(11-14(13)23-2)18-16(21)17-8-4-10-19-9-3-5-15(19)20/h6-7,11H,3-5,8-10H2,1-2H3,(H2,17,18,21). The maximum absolute atomic E-state index is 11.9. The summed E-state index contributed by atoms with van der Waals surface area (Å²) in [6.45, 7) is 2.04. The number of carbonyl (C=O) groups excluding carboxylic acids is 2. The highest BCUT2D eigenvalue weighted by atomic mass is 16.5. The number of hydrogen-bond donors (Lipinski definition) is 2. The maximum atomic E-state index is 11.9. The van der Waals surface area contributed by atoms with Crippen molar-refractivity contribution in [3.05, 3.63) is 18.2 Å². The highest BCUT2D eigenvalue weighted by Gasteiger charge is 2.19. The van der Waals surface area contributed by atoms with Crippen molar-refractivity contribution in [2.24, 2.45) is 0 Å². The summed E-state index contributed by atoms with van der Waals surface area (Å²) in [4.78, 5) is 25.2. The molecule has 1 heterocycles. The molecular weight excluding hydrogens is 298 g/mol.